The van der Waals surface area contributed by atoms with Crippen LogP contribution in [-0.2, 0) is 0 Å². The zero-order valence-corrected chi connectivity index (χ0v) is 13.2. The van der Waals surface area contributed by atoms with E-state index in [1.165, 1.54) is 12.8 Å². The van der Waals surface area contributed by atoms with Gasteiger partial charge in [0.15, 0.2) is 5.82 Å². The van der Waals surface area contributed by atoms with Gasteiger partial charge in [-0.05, 0) is 31.9 Å². The van der Waals surface area contributed by atoms with Crippen LogP contribution in [0.5, 0.6) is 0 Å². The highest BCUT2D eigenvalue weighted by molar-refractivity contribution is 6.42. The molecule has 1 aromatic heterocycles. The maximum Gasteiger partial charge on any atom is 0.156 e. The number of hydrogen-bond acceptors (Lipinski definition) is 4. The lowest BCUT2D eigenvalue weighted by molar-refractivity contribution is 0.915. The minimum absolute atomic E-state index is 0.493. The molecule has 0 aliphatic carbocycles. The summed E-state index contributed by atoms with van der Waals surface area (Å²) in [4.78, 5) is 11.2. The van der Waals surface area contributed by atoms with E-state index in [0.717, 1.165) is 24.5 Å². The molecule has 6 heteroatoms. The molecule has 0 bridgehead atoms. The van der Waals surface area contributed by atoms with Gasteiger partial charge in [0.25, 0.3) is 0 Å². The van der Waals surface area contributed by atoms with Gasteiger partial charge in [0.05, 0.1) is 15.7 Å². The smallest absolute Gasteiger partial charge is 0.156 e. The summed E-state index contributed by atoms with van der Waals surface area (Å²) in [5.74, 6) is 1.52. The number of halogens is 2. The third-order valence-corrected chi connectivity index (χ3v) is 4.37. The minimum Gasteiger partial charge on any atom is -0.394 e. The number of nitrogens with two attached hydrogens (primary N) is 1. The van der Waals surface area contributed by atoms with Crippen LogP contribution in [0, 0.1) is 6.92 Å². The molecular formula is C15H16Cl2N4. The van der Waals surface area contributed by atoms with Crippen molar-refractivity contribution in [3.8, 4) is 11.3 Å². The van der Waals surface area contributed by atoms with Crippen LogP contribution in [0.4, 0.5) is 11.5 Å². The molecule has 1 aliphatic heterocycles. The molecule has 110 valence electrons. The van der Waals surface area contributed by atoms with Crippen molar-refractivity contribution < 1.29 is 0 Å². The Hall–Kier alpha value is -1.52. The molecule has 2 N–H and O–H groups in total. The molecule has 0 atom stereocenters. The van der Waals surface area contributed by atoms with Crippen molar-refractivity contribution in [2.45, 2.75) is 19.8 Å². The molecule has 0 amide bonds. The first-order valence-electron chi connectivity index (χ1n) is 6.91. The minimum atomic E-state index is 0.493. The van der Waals surface area contributed by atoms with Gasteiger partial charge >= 0.3 is 0 Å². The number of hydrogen-bond donors (Lipinski definition) is 1. The highest BCUT2D eigenvalue weighted by Gasteiger charge is 2.20. The molecule has 2 heterocycles. The molecule has 21 heavy (non-hydrogen) atoms. The molecule has 2 aromatic rings. The van der Waals surface area contributed by atoms with Crippen molar-refractivity contribution in [3.05, 3.63) is 34.1 Å². The van der Waals surface area contributed by atoms with Crippen LogP contribution in [0.25, 0.3) is 11.3 Å². The van der Waals surface area contributed by atoms with Gasteiger partial charge in [0.2, 0.25) is 0 Å². The summed E-state index contributed by atoms with van der Waals surface area (Å²) in [6.07, 6.45) is 2.34. The van der Waals surface area contributed by atoms with Crippen LogP contribution in [0.1, 0.15) is 18.7 Å². The largest absolute Gasteiger partial charge is 0.394 e. The van der Waals surface area contributed by atoms with Gasteiger partial charge in [-0.1, -0.05) is 29.3 Å². The summed E-state index contributed by atoms with van der Waals surface area (Å²) in [5, 5.41) is 1.01. The Morgan fingerprint density at radius 3 is 2.48 bits per heavy atom. The summed E-state index contributed by atoms with van der Waals surface area (Å²) >= 11 is 12.1. The molecule has 0 spiro atoms. The van der Waals surface area contributed by atoms with E-state index in [1.54, 1.807) is 12.1 Å². The van der Waals surface area contributed by atoms with Gasteiger partial charge in [-0.25, -0.2) is 9.97 Å². The number of aryl methyl sites for hydroxylation is 1. The fraction of sp³-hybridized carbons (Fsp3) is 0.333. The number of benzene rings is 1. The van der Waals surface area contributed by atoms with Crippen LogP contribution >= 0.6 is 23.2 Å². The Kier molecular flexibility index (Phi) is 3.91. The quantitative estimate of drug-likeness (QED) is 0.909. The molecule has 0 radical (unpaired) electrons. The number of aromatic nitrogens is 2. The van der Waals surface area contributed by atoms with E-state index in [0.29, 0.717) is 27.3 Å². The van der Waals surface area contributed by atoms with Gasteiger partial charge in [-0.15, -0.1) is 0 Å². The van der Waals surface area contributed by atoms with Crippen LogP contribution in [-0.4, -0.2) is 23.1 Å². The first-order chi connectivity index (χ1) is 10.1. The molecule has 1 aliphatic rings. The van der Waals surface area contributed by atoms with Crippen LogP contribution in [0.2, 0.25) is 10.0 Å². The maximum atomic E-state index is 6.31. The SMILES string of the molecule is Cc1nc(-c2ccc(Cl)c(Cl)c2)c(N)c(N2CCCC2)n1. The van der Waals surface area contributed by atoms with E-state index >= 15 is 0 Å². The molecule has 0 saturated carbocycles. The van der Waals surface area contributed by atoms with E-state index in [9.17, 15) is 0 Å². The fourth-order valence-corrected chi connectivity index (χ4v) is 2.90. The summed E-state index contributed by atoms with van der Waals surface area (Å²) < 4.78 is 0. The predicted molar refractivity (Wildman–Crippen MR) is 88.1 cm³/mol. The molecule has 3 rings (SSSR count). The van der Waals surface area contributed by atoms with E-state index < -0.39 is 0 Å². The van der Waals surface area contributed by atoms with Crippen LogP contribution in [0.3, 0.4) is 0 Å². The topological polar surface area (TPSA) is 55.0 Å². The monoisotopic (exact) mass is 322 g/mol. The number of anilines is 2. The standard InChI is InChI=1S/C15H16Cl2N4/c1-9-19-14(10-4-5-11(16)12(17)8-10)13(18)15(20-9)21-6-2-3-7-21/h4-5,8H,2-3,6-7,18H2,1H3. The van der Waals surface area contributed by atoms with Gasteiger partial charge < -0.3 is 10.6 Å². The lowest BCUT2D eigenvalue weighted by Crippen LogP contribution is -2.21. The molecule has 1 aromatic carbocycles. The average Bonchev–Trinajstić information content (AvgIpc) is 2.98. The van der Waals surface area contributed by atoms with Gasteiger partial charge in [-0.3, -0.25) is 0 Å². The van der Waals surface area contributed by atoms with Gasteiger partial charge in [0, 0.05) is 18.7 Å². The predicted octanol–water partition coefficient (Wildman–Crippen LogP) is 3.94. The average molecular weight is 323 g/mol. The number of rotatable bonds is 2. The first-order valence-corrected chi connectivity index (χ1v) is 7.66. The zero-order chi connectivity index (χ0) is 15.0. The van der Waals surface area contributed by atoms with Crippen LogP contribution < -0.4 is 10.6 Å². The molecule has 1 fully saturated rings. The first kappa shape index (κ1) is 14.4. The maximum absolute atomic E-state index is 6.31. The highest BCUT2D eigenvalue weighted by Crippen LogP contribution is 2.35. The Balaban J connectivity index is 2.11. The summed E-state index contributed by atoms with van der Waals surface area (Å²) in [7, 11) is 0. The summed E-state index contributed by atoms with van der Waals surface area (Å²) in [5.41, 5.74) is 8.47. The summed E-state index contributed by atoms with van der Waals surface area (Å²) in [6.45, 7) is 3.85. The van der Waals surface area contributed by atoms with E-state index in [1.807, 2.05) is 13.0 Å². The van der Waals surface area contributed by atoms with E-state index in [4.69, 9.17) is 28.9 Å². The second-order valence-electron chi connectivity index (χ2n) is 5.18. The van der Waals surface area contributed by atoms with Crippen molar-refractivity contribution in [2.75, 3.05) is 23.7 Å². The lowest BCUT2D eigenvalue weighted by atomic mass is 10.1. The molecule has 0 unspecified atom stereocenters. The number of nitrogen functional groups attached to an aromatic ring is 1. The third-order valence-electron chi connectivity index (χ3n) is 3.64. The van der Waals surface area contributed by atoms with Crippen molar-refractivity contribution in [1.29, 1.82) is 0 Å². The Labute approximate surface area is 133 Å². The van der Waals surface area contributed by atoms with Crippen molar-refractivity contribution in [3.63, 3.8) is 0 Å². The van der Waals surface area contributed by atoms with Crippen molar-refractivity contribution >= 4 is 34.7 Å². The molecule has 1 saturated heterocycles. The Bertz CT molecular complexity index is 682. The fourth-order valence-electron chi connectivity index (χ4n) is 2.60. The van der Waals surface area contributed by atoms with Gasteiger partial charge in [-0.2, -0.15) is 0 Å². The number of nitrogens with zero attached hydrogens (tertiary/aromatic N) is 3. The molecular weight excluding hydrogens is 307 g/mol. The Morgan fingerprint density at radius 1 is 1.10 bits per heavy atom. The Morgan fingerprint density at radius 2 is 1.81 bits per heavy atom. The lowest BCUT2D eigenvalue weighted by Gasteiger charge is -2.20. The van der Waals surface area contributed by atoms with Crippen molar-refractivity contribution in [1.82, 2.24) is 9.97 Å². The third kappa shape index (κ3) is 2.78. The normalized spacial score (nSPS) is 14.7. The van der Waals surface area contributed by atoms with Crippen LogP contribution in [0.15, 0.2) is 18.2 Å². The van der Waals surface area contributed by atoms with E-state index in [2.05, 4.69) is 14.9 Å². The summed E-state index contributed by atoms with van der Waals surface area (Å²) in [6, 6.07) is 5.42. The molecule has 4 nitrogen and oxygen atoms in total. The van der Waals surface area contributed by atoms with Crippen molar-refractivity contribution in [2.24, 2.45) is 0 Å². The second kappa shape index (κ2) is 5.70. The van der Waals surface area contributed by atoms with E-state index in [-0.39, 0.29) is 0 Å². The zero-order valence-electron chi connectivity index (χ0n) is 11.7. The highest BCUT2D eigenvalue weighted by atomic mass is 35.5. The second-order valence-corrected chi connectivity index (χ2v) is 5.99. The van der Waals surface area contributed by atoms with Gasteiger partial charge in [0.1, 0.15) is 11.5 Å².